The minimum atomic E-state index is -0.592. The number of urea groups is 1. The fourth-order valence-corrected chi connectivity index (χ4v) is 2.38. The van der Waals surface area contributed by atoms with Crippen LogP contribution in [0.5, 0.6) is 0 Å². The molecule has 10 nitrogen and oxygen atoms in total. The number of aliphatic hydroxyl groups is 1. The van der Waals surface area contributed by atoms with Crippen molar-refractivity contribution in [1.82, 2.24) is 16.0 Å². The van der Waals surface area contributed by atoms with Gasteiger partial charge in [-0.2, -0.15) is 0 Å². The van der Waals surface area contributed by atoms with Crippen molar-refractivity contribution in [3.8, 4) is 0 Å². The Labute approximate surface area is 161 Å². The SMILES string of the molecule is NCCCNCCCCNC(=O)NC(=O)C(CO)CCCCCN=C(N)N. The maximum absolute atomic E-state index is 12.0. The second-order valence-electron chi connectivity index (χ2n) is 6.38. The topological polar surface area (TPSA) is 181 Å². The third-order valence-corrected chi connectivity index (χ3v) is 3.96. The van der Waals surface area contributed by atoms with Crippen LogP contribution in [0.2, 0.25) is 0 Å². The number of amides is 3. The first-order chi connectivity index (χ1) is 13.0. The summed E-state index contributed by atoms with van der Waals surface area (Å²) < 4.78 is 0. The standard InChI is InChI=1S/C17H37N7O3/c18-8-6-10-21-9-4-5-12-23-17(27)24-15(26)14(13-25)7-2-1-3-11-22-16(19)20/h14,21,25H,1-13,18H2,(H4,19,20,22)(H2,23,24,26,27). The highest BCUT2D eigenvalue weighted by molar-refractivity contribution is 5.95. The maximum Gasteiger partial charge on any atom is 0.321 e. The summed E-state index contributed by atoms with van der Waals surface area (Å²) in [5.41, 5.74) is 15.9. The zero-order valence-electron chi connectivity index (χ0n) is 16.2. The van der Waals surface area contributed by atoms with E-state index in [4.69, 9.17) is 17.2 Å². The summed E-state index contributed by atoms with van der Waals surface area (Å²) in [7, 11) is 0. The normalized spacial score (nSPS) is 11.6. The lowest BCUT2D eigenvalue weighted by molar-refractivity contribution is -0.125. The molecule has 0 aromatic carbocycles. The molecule has 0 aliphatic carbocycles. The highest BCUT2D eigenvalue weighted by Crippen LogP contribution is 2.10. The van der Waals surface area contributed by atoms with Gasteiger partial charge >= 0.3 is 6.03 Å². The molecule has 0 radical (unpaired) electrons. The first-order valence-electron chi connectivity index (χ1n) is 9.67. The fourth-order valence-electron chi connectivity index (χ4n) is 2.38. The van der Waals surface area contributed by atoms with Crippen molar-refractivity contribution < 1.29 is 14.7 Å². The number of hydrogen-bond acceptors (Lipinski definition) is 6. The summed E-state index contributed by atoms with van der Waals surface area (Å²) in [6.45, 7) is 3.19. The lowest BCUT2D eigenvalue weighted by Crippen LogP contribution is -2.43. The molecule has 0 bridgehead atoms. The van der Waals surface area contributed by atoms with Crippen molar-refractivity contribution in [2.45, 2.75) is 44.9 Å². The van der Waals surface area contributed by atoms with Crippen LogP contribution in [0.1, 0.15) is 44.9 Å². The van der Waals surface area contributed by atoms with Gasteiger partial charge in [0.15, 0.2) is 5.96 Å². The van der Waals surface area contributed by atoms with Crippen molar-refractivity contribution in [1.29, 1.82) is 0 Å². The molecule has 1 atom stereocenters. The highest BCUT2D eigenvalue weighted by Gasteiger charge is 2.19. The number of aliphatic hydroxyl groups excluding tert-OH is 1. The molecule has 0 aliphatic heterocycles. The van der Waals surface area contributed by atoms with Crippen LogP contribution in [-0.4, -0.2) is 62.3 Å². The lowest BCUT2D eigenvalue weighted by atomic mass is 10.0. The van der Waals surface area contributed by atoms with Gasteiger partial charge in [-0.25, -0.2) is 4.79 Å². The van der Waals surface area contributed by atoms with Gasteiger partial charge in [0.05, 0.1) is 12.5 Å². The molecule has 0 aromatic heterocycles. The molecule has 0 rings (SSSR count). The van der Waals surface area contributed by atoms with E-state index in [2.05, 4.69) is 20.9 Å². The highest BCUT2D eigenvalue weighted by atomic mass is 16.3. The lowest BCUT2D eigenvalue weighted by Gasteiger charge is -2.14. The van der Waals surface area contributed by atoms with E-state index in [9.17, 15) is 14.7 Å². The Bertz CT molecular complexity index is 429. The van der Waals surface area contributed by atoms with E-state index in [1.165, 1.54) is 0 Å². The minimum Gasteiger partial charge on any atom is -0.396 e. The molecular weight excluding hydrogens is 350 g/mol. The Balaban J connectivity index is 3.77. The smallest absolute Gasteiger partial charge is 0.321 e. The van der Waals surface area contributed by atoms with E-state index in [1.54, 1.807) is 0 Å². The summed E-state index contributed by atoms with van der Waals surface area (Å²) in [6, 6.07) is -0.526. The Morgan fingerprint density at radius 3 is 2.33 bits per heavy atom. The van der Waals surface area contributed by atoms with Crippen LogP contribution in [0.25, 0.3) is 0 Å². The van der Waals surface area contributed by atoms with Gasteiger partial charge in [0.2, 0.25) is 5.91 Å². The Hall–Kier alpha value is -1.91. The summed E-state index contributed by atoms with van der Waals surface area (Å²) >= 11 is 0. The number of aliphatic imine (C=N–C) groups is 1. The van der Waals surface area contributed by atoms with Crippen LogP contribution in [0.15, 0.2) is 4.99 Å². The van der Waals surface area contributed by atoms with Crippen LogP contribution in [0, 0.1) is 5.92 Å². The Morgan fingerprint density at radius 2 is 1.67 bits per heavy atom. The molecule has 3 amide bonds. The molecule has 0 heterocycles. The van der Waals surface area contributed by atoms with Crippen LogP contribution in [0.4, 0.5) is 4.79 Å². The second kappa shape index (κ2) is 17.5. The predicted molar refractivity (Wildman–Crippen MR) is 107 cm³/mol. The van der Waals surface area contributed by atoms with Crippen LogP contribution >= 0.6 is 0 Å². The molecule has 0 saturated heterocycles. The van der Waals surface area contributed by atoms with Gasteiger partial charge in [0, 0.05) is 13.1 Å². The van der Waals surface area contributed by atoms with Crippen molar-refractivity contribution in [2.24, 2.45) is 28.1 Å². The van der Waals surface area contributed by atoms with Crippen molar-refractivity contribution in [3.05, 3.63) is 0 Å². The molecule has 27 heavy (non-hydrogen) atoms. The number of guanidine groups is 1. The van der Waals surface area contributed by atoms with Crippen molar-refractivity contribution in [2.75, 3.05) is 39.3 Å². The van der Waals surface area contributed by atoms with Crippen LogP contribution < -0.4 is 33.2 Å². The van der Waals surface area contributed by atoms with Gasteiger partial charge in [-0.1, -0.05) is 12.8 Å². The maximum atomic E-state index is 12.0. The quantitative estimate of drug-likeness (QED) is 0.100. The van der Waals surface area contributed by atoms with E-state index in [1.807, 2.05) is 0 Å². The fraction of sp³-hybridized carbons (Fsp3) is 0.824. The number of imide groups is 1. The van der Waals surface area contributed by atoms with E-state index < -0.39 is 17.9 Å². The van der Waals surface area contributed by atoms with E-state index in [0.29, 0.717) is 26.1 Å². The number of nitrogens with two attached hydrogens (primary N) is 3. The molecule has 0 saturated carbocycles. The summed E-state index contributed by atoms with van der Waals surface area (Å²) in [6.07, 6.45) is 5.59. The number of unbranched alkanes of at least 4 members (excludes halogenated alkanes) is 3. The van der Waals surface area contributed by atoms with Gasteiger partial charge in [0.25, 0.3) is 0 Å². The van der Waals surface area contributed by atoms with Gasteiger partial charge in [-0.3, -0.25) is 15.1 Å². The van der Waals surface area contributed by atoms with E-state index in [-0.39, 0.29) is 12.6 Å². The van der Waals surface area contributed by atoms with E-state index in [0.717, 1.165) is 51.6 Å². The third-order valence-electron chi connectivity index (χ3n) is 3.96. The van der Waals surface area contributed by atoms with Gasteiger partial charge < -0.3 is 32.9 Å². The summed E-state index contributed by atoms with van der Waals surface area (Å²) in [5, 5.41) is 17.5. The molecule has 0 aromatic rings. The molecule has 10 heteroatoms. The Morgan fingerprint density at radius 1 is 0.963 bits per heavy atom. The first-order valence-corrected chi connectivity index (χ1v) is 9.67. The largest absolute Gasteiger partial charge is 0.396 e. The van der Waals surface area contributed by atoms with Gasteiger partial charge in [0.1, 0.15) is 0 Å². The zero-order valence-corrected chi connectivity index (χ0v) is 16.2. The molecule has 0 fully saturated rings. The number of carbonyl (C=O) groups excluding carboxylic acids is 2. The average Bonchev–Trinajstić information content (AvgIpc) is 2.63. The molecule has 0 aliphatic rings. The third kappa shape index (κ3) is 16.0. The minimum absolute atomic E-state index is 0.0662. The zero-order chi connectivity index (χ0) is 20.3. The number of nitrogens with zero attached hydrogens (tertiary/aromatic N) is 1. The predicted octanol–water partition coefficient (Wildman–Crippen LogP) is -1.03. The molecule has 158 valence electrons. The molecule has 10 N–H and O–H groups in total. The average molecular weight is 388 g/mol. The van der Waals surface area contributed by atoms with Crippen LogP contribution in [0.3, 0.4) is 0 Å². The van der Waals surface area contributed by atoms with Crippen LogP contribution in [-0.2, 0) is 4.79 Å². The Kier molecular flexibility index (Phi) is 16.3. The first kappa shape index (κ1) is 25.1. The van der Waals surface area contributed by atoms with E-state index >= 15 is 0 Å². The monoisotopic (exact) mass is 387 g/mol. The number of carbonyl (C=O) groups is 2. The number of hydrogen-bond donors (Lipinski definition) is 7. The molecule has 0 spiro atoms. The second-order valence-corrected chi connectivity index (χ2v) is 6.38. The van der Waals surface area contributed by atoms with Gasteiger partial charge in [-0.05, 0) is 51.7 Å². The van der Waals surface area contributed by atoms with Crippen molar-refractivity contribution >= 4 is 17.9 Å². The van der Waals surface area contributed by atoms with Gasteiger partial charge in [-0.15, -0.1) is 0 Å². The van der Waals surface area contributed by atoms with Crippen molar-refractivity contribution in [3.63, 3.8) is 0 Å². The number of rotatable bonds is 16. The summed E-state index contributed by atoms with van der Waals surface area (Å²) in [4.78, 5) is 27.6. The molecular formula is C17H37N7O3. The number of nitrogens with one attached hydrogen (secondary N) is 3. The molecule has 1 unspecified atom stereocenters. The summed E-state index contributed by atoms with van der Waals surface area (Å²) in [5.74, 6) is -0.982.